The number of esters is 1. The topological polar surface area (TPSA) is 92.1 Å². The van der Waals surface area contributed by atoms with Crippen LogP contribution in [0.15, 0.2) is 96.0 Å². The summed E-state index contributed by atoms with van der Waals surface area (Å²) in [6.45, 7) is 0. The molecule has 4 rings (SSSR count). The van der Waals surface area contributed by atoms with Gasteiger partial charge in [-0.15, -0.1) is 0 Å². The molecule has 35 heavy (non-hydrogen) atoms. The number of pyridine rings is 1. The van der Waals surface area contributed by atoms with Gasteiger partial charge in [-0.3, -0.25) is 4.79 Å². The molecule has 0 aliphatic carbocycles. The molecule has 0 spiro atoms. The molecule has 0 aliphatic rings. The smallest absolute Gasteiger partial charge is 0.337 e. The van der Waals surface area contributed by atoms with Crippen molar-refractivity contribution in [3.05, 3.63) is 102 Å². The molecule has 1 amide bonds. The number of amides is 1. The number of aromatic nitrogens is 1. The summed E-state index contributed by atoms with van der Waals surface area (Å²) in [5.41, 5.74) is 4.70. The van der Waals surface area contributed by atoms with Crippen molar-refractivity contribution in [2.24, 2.45) is 0 Å². The van der Waals surface area contributed by atoms with Gasteiger partial charge in [-0.2, -0.15) is 5.26 Å². The average Bonchev–Trinajstić information content (AvgIpc) is 2.92. The minimum absolute atomic E-state index is 0.0624. The fourth-order valence-electron chi connectivity index (χ4n) is 3.47. The molecule has 1 N–H and O–H groups in total. The largest absolute Gasteiger partial charge is 0.465 e. The average molecular weight is 480 g/mol. The number of methoxy groups -OCH3 is 1. The summed E-state index contributed by atoms with van der Waals surface area (Å²) in [7, 11) is 1.31. The van der Waals surface area contributed by atoms with Gasteiger partial charge in [-0.25, -0.2) is 9.78 Å². The summed E-state index contributed by atoms with van der Waals surface area (Å²) >= 11 is 1.21. The Morgan fingerprint density at radius 3 is 2.17 bits per heavy atom. The number of anilines is 1. The van der Waals surface area contributed by atoms with Crippen LogP contribution in [0.1, 0.15) is 15.9 Å². The van der Waals surface area contributed by atoms with E-state index >= 15 is 0 Å². The first kappa shape index (κ1) is 23.7. The van der Waals surface area contributed by atoms with E-state index in [9.17, 15) is 14.9 Å². The molecule has 1 heterocycles. The van der Waals surface area contributed by atoms with Crippen molar-refractivity contribution in [1.29, 1.82) is 5.26 Å². The Morgan fingerprint density at radius 2 is 1.57 bits per heavy atom. The van der Waals surface area contributed by atoms with Crippen LogP contribution < -0.4 is 5.32 Å². The Hall–Kier alpha value is -4.41. The molecule has 6 nitrogen and oxygen atoms in total. The van der Waals surface area contributed by atoms with E-state index in [1.165, 1.54) is 18.9 Å². The maximum absolute atomic E-state index is 12.6. The second kappa shape index (κ2) is 11.1. The van der Waals surface area contributed by atoms with Crippen LogP contribution in [0.4, 0.5) is 5.69 Å². The van der Waals surface area contributed by atoms with Gasteiger partial charge in [-0.1, -0.05) is 72.4 Å². The fourth-order valence-corrected chi connectivity index (χ4v) is 4.28. The van der Waals surface area contributed by atoms with Gasteiger partial charge in [0.2, 0.25) is 5.91 Å². The zero-order valence-electron chi connectivity index (χ0n) is 18.9. The van der Waals surface area contributed by atoms with E-state index in [-0.39, 0.29) is 11.7 Å². The van der Waals surface area contributed by atoms with E-state index in [0.29, 0.717) is 21.8 Å². The van der Waals surface area contributed by atoms with Gasteiger partial charge < -0.3 is 10.1 Å². The number of benzene rings is 3. The maximum Gasteiger partial charge on any atom is 0.337 e. The lowest BCUT2D eigenvalue weighted by Crippen LogP contribution is -2.14. The molecule has 172 valence electrons. The lowest BCUT2D eigenvalue weighted by atomic mass is 9.99. The van der Waals surface area contributed by atoms with Gasteiger partial charge in [0.05, 0.1) is 29.7 Å². The highest BCUT2D eigenvalue weighted by Crippen LogP contribution is 2.34. The third kappa shape index (κ3) is 5.75. The van der Waals surface area contributed by atoms with E-state index in [4.69, 9.17) is 4.98 Å². The number of rotatable bonds is 7. The van der Waals surface area contributed by atoms with E-state index in [2.05, 4.69) is 16.1 Å². The van der Waals surface area contributed by atoms with Crippen molar-refractivity contribution in [3.8, 4) is 28.5 Å². The molecule has 0 saturated heterocycles. The van der Waals surface area contributed by atoms with Crippen molar-refractivity contribution in [3.63, 3.8) is 0 Å². The van der Waals surface area contributed by atoms with Gasteiger partial charge in [0.25, 0.3) is 0 Å². The Kier molecular flexibility index (Phi) is 7.56. The number of nitriles is 1. The van der Waals surface area contributed by atoms with Crippen molar-refractivity contribution in [2.45, 2.75) is 5.03 Å². The molecular weight excluding hydrogens is 458 g/mol. The Labute approximate surface area is 207 Å². The van der Waals surface area contributed by atoms with Crippen LogP contribution in [0.25, 0.3) is 22.4 Å². The van der Waals surface area contributed by atoms with E-state index in [1.54, 1.807) is 24.3 Å². The first-order chi connectivity index (χ1) is 17.1. The van der Waals surface area contributed by atoms with Crippen LogP contribution >= 0.6 is 11.8 Å². The zero-order chi connectivity index (χ0) is 24.6. The van der Waals surface area contributed by atoms with Gasteiger partial charge >= 0.3 is 5.97 Å². The maximum atomic E-state index is 12.6. The monoisotopic (exact) mass is 479 g/mol. The summed E-state index contributed by atoms with van der Waals surface area (Å²) in [4.78, 5) is 28.9. The van der Waals surface area contributed by atoms with E-state index < -0.39 is 5.97 Å². The standard InChI is InChI=1S/C28H21N3O3S/c1-34-28(33)21-12-14-22(15-13-21)30-26(32)18-35-27-24(17-29)23(19-8-4-2-5-9-19)16-25(31-27)20-10-6-3-7-11-20/h2-16H,18H2,1H3,(H,30,32). The summed E-state index contributed by atoms with van der Waals surface area (Å²) in [5.74, 6) is -0.633. The molecule has 4 aromatic rings. The van der Waals surface area contributed by atoms with Crippen LogP contribution in [0.3, 0.4) is 0 Å². The second-order valence-corrected chi connectivity index (χ2v) is 8.45. The normalized spacial score (nSPS) is 10.3. The van der Waals surface area contributed by atoms with Gasteiger partial charge in [0.15, 0.2) is 0 Å². The lowest BCUT2D eigenvalue weighted by molar-refractivity contribution is -0.113. The fraction of sp³-hybridized carbons (Fsp3) is 0.0714. The molecule has 0 unspecified atom stereocenters. The Balaban J connectivity index is 1.59. The quantitative estimate of drug-likeness (QED) is 0.266. The van der Waals surface area contributed by atoms with Crippen LogP contribution in [-0.2, 0) is 9.53 Å². The number of carbonyl (C=O) groups is 2. The van der Waals surface area contributed by atoms with Crippen molar-refractivity contribution < 1.29 is 14.3 Å². The summed E-state index contributed by atoms with van der Waals surface area (Å²) in [6.07, 6.45) is 0. The summed E-state index contributed by atoms with van der Waals surface area (Å²) < 4.78 is 4.69. The highest BCUT2D eigenvalue weighted by molar-refractivity contribution is 8.00. The molecule has 0 atom stereocenters. The van der Waals surface area contributed by atoms with Crippen LogP contribution in [-0.4, -0.2) is 29.7 Å². The molecule has 3 aromatic carbocycles. The minimum Gasteiger partial charge on any atom is -0.465 e. The number of ether oxygens (including phenoxy) is 1. The summed E-state index contributed by atoms with van der Waals surface area (Å²) in [5, 5.41) is 13.3. The highest BCUT2D eigenvalue weighted by atomic mass is 32.2. The number of carbonyl (C=O) groups excluding carboxylic acids is 2. The first-order valence-electron chi connectivity index (χ1n) is 10.8. The molecule has 0 aliphatic heterocycles. The molecule has 0 fully saturated rings. The molecular formula is C28H21N3O3S. The Morgan fingerprint density at radius 1 is 0.943 bits per heavy atom. The number of thioether (sulfide) groups is 1. The predicted octanol–water partition coefficient (Wildman–Crippen LogP) is 5.80. The van der Waals surface area contributed by atoms with Crippen LogP contribution in [0, 0.1) is 11.3 Å². The van der Waals surface area contributed by atoms with Gasteiger partial charge in [-0.05, 0) is 35.9 Å². The van der Waals surface area contributed by atoms with Gasteiger partial charge in [0, 0.05) is 16.8 Å². The van der Waals surface area contributed by atoms with Crippen molar-refractivity contribution in [2.75, 3.05) is 18.2 Å². The first-order valence-corrected chi connectivity index (χ1v) is 11.7. The molecule has 0 radical (unpaired) electrons. The third-order valence-corrected chi connectivity index (χ3v) is 6.16. The SMILES string of the molecule is COC(=O)c1ccc(NC(=O)CSc2nc(-c3ccccc3)cc(-c3ccccc3)c2C#N)cc1. The number of nitrogens with one attached hydrogen (secondary N) is 1. The molecule has 1 aromatic heterocycles. The van der Waals surface area contributed by atoms with Crippen molar-refractivity contribution >= 4 is 29.3 Å². The predicted molar refractivity (Wildman–Crippen MR) is 137 cm³/mol. The van der Waals surface area contributed by atoms with E-state index in [0.717, 1.165) is 22.4 Å². The zero-order valence-corrected chi connectivity index (χ0v) is 19.7. The highest BCUT2D eigenvalue weighted by Gasteiger charge is 2.17. The summed E-state index contributed by atoms with van der Waals surface area (Å²) in [6, 6.07) is 30.0. The second-order valence-electron chi connectivity index (χ2n) is 7.48. The molecule has 7 heteroatoms. The minimum atomic E-state index is -0.443. The number of hydrogen-bond acceptors (Lipinski definition) is 6. The lowest BCUT2D eigenvalue weighted by Gasteiger charge is -2.13. The van der Waals surface area contributed by atoms with Crippen LogP contribution in [0.2, 0.25) is 0 Å². The number of nitrogens with zero attached hydrogens (tertiary/aromatic N) is 2. The third-order valence-electron chi connectivity index (χ3n) is 5.18. The Bertz CT molecular complexity index is 1380. The van der Waals surface area contributed by atoms with Gasteiger partial charge in [0.1, 0.15) is 11.1 Å². The molecule has 0 saturated carbocycles. The van der Waals surface area contributed by atoms with Crippen molar-refractivity contribution in [1.82, 2.24) is 4.98 Å². The van der Waals surface area contributed by atoms with Crippen LogP contribution in [0.5, 0.6) is 0 Å². The number of hydrogen-bond donors (Lipinski definition) is 1. The van der Waals surface area contributed by atoms with E-state index in [1.807, 2.05) is 66.7 Å². The molecule has 0 bridgehead atoms.